The van der Waals surface area contributed by atoms with E-state index in [-0.39, 0.29) is 39.5 Å². The van der Waals surface area contributed by atoms with Crippen LogP contribution in [0.4, 0.5) is 19.1 Å². The lowest BCUT2D eigenvalue weighted by Crippen LogP contribution is -2.55. The van der Waals surface area contributed by atoms with Crippen molar-refractivity contribution >= 4 is 45.5 Å². The molecule has 0 spiro atoms. The number of carbonyl (C=O) groups excluding carboxylic acids is 2. The first-order valence-corrected chi connectivity index (χ1v) is 12.3. The summed E-state index contributed by atoms with van der Waals surface area (Å²) < 4.78 is 43.6. The van der Waals surface area contributed by atoms with Gasteiger partial charge in [0.1, 0.15) is 4.83 Å². The molecular weight excluding hydrogens is 529 g/mol. The van der Waals surface area contributed by atoms with Crippen LogP contribution in [0, 0.1) is 0 Å². The summed E-state index contributed by atoms with van der Waals surface area (Å²) in [5, 5.41) is 0.244. The minimum absolute atomic E-state index is 0.0306. The van der Waals surface area contributed by atoms with Gasteiger partial charge < -0.3 is 14.5 Å². The number of piperazine rings is 1. The number of alkyl halides is 4. The number of amides is 2. The van der Waals surface area contributed by atoms with E-state index in [9.17, 15) is 22.8 Å². The molecule has 184 valence electrons. The number of hydrogen-bond acceptors (Lipinski definition) is 8. The minimum atomic E-state index is -4.47. The van der Waals surface area contributed by atoms with E-state index in [2.05, 4.69) is 36.7 Å². The molecule has 0 radical (unpaired) electrons. The summed E-state index contributed by atoms with van der Waals surface area (Å²) >= 11 is 5.05. The van der Waals surface area contributed by atoms with E-state index in [1.165, 1.54) is 0 Å². The van der Waals surface area contributed by atoms with Gasteiger partial charge in [-0.25, -0.2) is 15.4 Å². The highest BCUT2D eigenvalue weighted by atomic mass is 79.9. The van der Waals surface area contributed by atoms with Crippen LogP contribution in [0.2, 0.25) is 0 Å². The molecule has 2 amide bonds. The lowest BCUT2D eigenvalue weighted by Gasteiger charge is -2.34. The molecular formula is C19H26BrF3N6O3S. The summed E-state index contributed by atoms with van der Waals surface area (Å²) in [6.45, 7) is 5.21. The van der Waals surface area contributed by atoms with E-state index in [0.29, 0.717) is 45.9 Å². The molecule has 2 N–H and O–H groups in total. The van der Waals surface area contributed by atoms with Crippen LogP contribution in [0.25, 0.3) is 0 Å². The predicted molar refractivity (Wildman–Crippen MR) is 121 cm³/mol. The van der Waals surface area contributed by atoms with Crippen molar-refractivity contribution < 1.29 is 27.5 Å². The summed E-state index contributed by atoms with van der Waals surface area (Å²) in [7, 11) is 0. The van der Waals surface area contributed by atoms with Crippen molar-refractivity contribution in [3.63, 3.8) is 0 Å². The molecule has 2 saturated heterocycles. The average Bonchev–Trinajstić information content (AvgIpc) is 2.79. The number of aromatic nitrogens is 2. The quantitative estimate of drug-likeness (QED) is 0.368. The second kappa shape index (κ2) is 11.7. The van der Waals surface area contributed by atoms with Crippen LogP contribution in [0.5, 0.6) is 0 Å². The fourth-order valence-corrected chi connectivity index (χ4v) is 5.28. The smallest absolute Gasteiger partial charge is 0.380 e. The molecule has 2 aliphatic rings. The van der Waals surface area contributed by atoms with Crippen LogP contribution < -0.4 is 15.8 Å². The number of rotatable bonds is 8. The average molecular weight is 555 g/mol. The van der Waals surface area contributed by atoms with Crippen molar-refractivity contribution in [2.24, 2.45) is 0 Å². The Hall–Kier alpha value is -1.64. The first kappa shape index (κ1) is 26.0. The normalized spacial score (nSPS) is 22.8. The molecule has 0 aromatic carbocycles. The van der Waals surface area contributed by atoms with Crippen LogP contribution in [-0.2, 0) is 20.5 Å². The number of carbonyl (C=O) groups is 2. The van der Waals surface area contributed by atoms with Gasteiger partial charge in [-0.05, 0) is 0 Å². The Morgan fingerprint density at radius 3 is 2.61 bits per heavy atom. The molecule has 0 aliphatic carbocycles. The molecule has 14 heteroatoms. The Labute approximate surface area is 202 Å². The van der Waals surface area contributed by atoms with Gasteiger partial charge >= 0.3 is 6.18 Å². The fourth-order valence-electron chi connectivity index (χ4n) is 3.39. The minimum Gasteiger partial charge on any atom is -0.380 e. The molecule has 9 nitrogen and oxygen atoms in total. The fraction of sp³-hybridized carbons (Fsp3) is 0.684. The number of halogens is 4. The third-order valence-corrected chi connectivity index (χ3v) is 7.99. The lowest BCUT2D eigenvalue weighted by molar-refractivity contribution is -0.138. The van der Waals surface area contributed by atoms with Crippen LogP contribution in [-0.4, -0.2) is 87.9 Å². The van der Waals surface area contributed by atoms with Crippen molar-refractivity contribution in [2.75, 3.05) is 50.8 Å². The first-order valence-electron chi connectivity index (χ1n) is 10.5. The zero-order valence-electron chi connectivity index (χ0n) is 18.0. The highest BCUT2D eigenvalue weighted by Gasteiger charge is 2.32. The zero-order chi connectivity index (χ0) is 24.0. The van der Waals surface area contributed by atoms with Crippen molar-refractivity contribution in [3.05, 3.63) is 18.0 Å². The Morgan fingerprint density at radius 2 is 1.97 bits per heavy atom. The van der Waals surface area contributed by atoms with Gasteiger partial charge in [-0.3, -0.25) is 15.0 Å². The third-order valence-electron chi connectivity index (χ3n) is 5.19. The molecule has 0 saturated carbocycles. The zero-order valence-corrected chi connectivity index (χ0v) is 20.4. The van der Waals surface area contributed by atoms with E-state index in [0.717, 1.165) is 12.4 Å². The maximum absolute atomic E-state index is 12.6. The second-order valence-corrected chi connectivity index (χ2v) is 10.4. The van der Waals surface area contributed by atoms with Crippen molar-refractivity contribution in [1.82, 2.24) is 25.7 Å². The van der Waals surface area contributed by atoms with Gasteiger partial charge in [0.25, 0.3) is 0 Å². The van der Waals surface area contributed by atoms with Crippen LogP contribution in [0.15, 0.2) is 12.4 Å². The van der Waals surface area contributed by atoms with E-state index in [1.807, 2.05) is 6.92 Å². The molecule has 1 aromatic rings. The lowest BCUT2D eigenvalue weighted by atomic mass is 10.2. The van der Waals surface area contributed by atoms with E-state index < -0.39 is 11.7 Å². The van der Waals surface area contributed by atoms with Gasteiger partial charge in [0.15, 0.2) is 0 Å². The number of nitrogens with one attached hydrogen (secondary N) is 2. The third kappa shape index (κ3) is 7.42. The van der Waals surface area contributed by atoms with Crippen molar-refractivity contribution in [1.29, 1.82) is 0 Å². The molecule has 33 heavy (non-hydrogen) atoms. The highest BCUT2D eigenvalue weighted by Crippen LogP contribution is 2.28. The number of nitrogens with zero attached hydrogens (tertiary/aromatic N) is 4. The largest absolute Gasteiger partial charge is 0.419 e. The number of hydrogen-bond donors (Lipinski definition) is 2. The molecule has 0 bridgehead atoms. The first-order chi connectivity index (χ1) is 15.6. The van der Waals surface area contributed by atoms with Gasteiger partial charge in [-0.2, -0.15) is 13.2 Å². The summed E-state index contributed by atoms with van der Waals surface area (Å²) in [6, 6.07) is 0. The van der Waals surface area contributed by atoms with E-state index in [4.69, 9.17) is 4.74 Å². The predicted octanol–water partition coefficient (Wildman–Crippen LogP) is 1.44. The van der Waals surface area contributed by atoms with Gasteiger partial charge in [0, 0.05) is 55.6 Å². The van der Waals surface area contributed by atoms with Crippen LogP contribution >= 0.6 is 27.7 Å². The van der Waals surface area contributed by atoms with Crippen molar-refractivity contribution in [3.8, 4) is 0 Å². The van der Waals surface area contributed by atoms with Gasteiger partial charge in [-0.1, -0.05) is 22.9 Å². The topological polar surface area (TPSA) is 99.7 Å². The SMILES string of the molecule is C[C@@H](COCCC(=O)N1CCN(c2ncc(C(F)(F)F)cn2)CC1)SC1CNNC(=O)C1Br. The van der Waals surface area contributed by atoms with E-state index >= 15 is 0 Å². The Morgan fingerprint density at radius 1 is 1.30 bits per heavy atom. The molecule has 3 rings (SSSR count). The Balaban J connectivity index is 1.33. The van der Waals surface area contributed by atoms with E-state index in [1.54, 1.807) is 21.6 Å². The monoisotopic (exact) mass is 554 g/mol. The standard InChI is InChI=1S/C19H26BrF3N6O3S/c1-12(33-14-10-26-27-17(31)16(14)20)11-32-7-2-15(30)28-3-5-29(6-4-28)18-24-8-13(9-25-18)19(21,22)23/h8-9,12,14,16,26H,2-7,10-11H2,1H3,(H,27,31)/t12-,14?,16?/m0/s1. The molecule has 2 unspecified atom stereocenters. The molecule has 1 aromatic heterocycles. The Kier molecular flexibility index (Phi) is 9.18. The summed E-state index contributed by atoms with van der Waals surface area (Å²) in [5.41, 5.74) is 4.55. The second-order valence-electron chi connectivity index (χ2n) is 7.72. The molecule has 2 fully saturated rings. The van der Waals surface area contributed by atoms with Gasteiger partial charge in [0.05, 0.1) is 25.2 Å². The Bertz CT molecular complexity index is 811. The van der Waals surface area contributed by atoms with Crippen LogP contribution in [0.3, 0.4) is 0 Å². The number of hydrazine groups is 1. The molecule has 3 atom stereocenters. The maximum Gasteiger partial charge on any atom is 0.419 e. The molecule has 3 heterocycles. The van der Waals surface area contributed by atoms with Crippen LogP contribution in [0.1, 0.15) is 18.9 Å². The van der Waals surface area contributed by atoms with Crippen molar-refractivity contribution in [2.45, 2.75) is 34.8 Å². The number of anilines is 1. The number of thioether (sulfide) groups is 1. The van der Waals surface area contributed by atoms with Gasteiger partial charge in [-0.15, -0.1) is 11.8 Å². The maximum atomic E-state index is 12.6. The van der Waals surface area contributed by atoms with Gasteiger partial charge in [0.2, 0.25) is 17.8 Å². The summed E-state index contributed by atoms with van der Waals surface area (Å²) in [5.74, 6) is 0.0979. The summed E-state index contributed by atoms with van der Waals surface area (Å²) in [6.07, 6.45) is -2.67. The molecule has 2 aliphatic heterocycles. The summed E-state index contributed by atoms with van der Waals surface area (Å²) in [4.78, 5) is 34.9. The highest BCUT2D eigenvalue weighted by molar-refractivity contribution is 9.10. The number of ether oxygens (including phenoxy) is 1.